The summed E-state index contributed by atoms with van der Waals surface area (Å²) in [6.07, 6.45) is 5.52. The Labute approximate surface area is 145 Å². The van der Waals surface area contributed by atoms with Crippen molar-refractivity contribution < 1.29 is 4.79 Å². The average Bonchev–Trinajstić information content (AvgIpc) is 3.28. The number of guanidine groups is 1. The highest BCUT2D eigenvalue weighted by Crippen LogP contribution is 2.29. The third-order valence-corrected chi connectivity index (χ3v) is 4.20. The fourth-order valence-corrected chi connectivity index (χ4v) is 2.65. The topological polar surface area (TPSA) is 56.7 Å². The molecule has 2 aliphatic rings. The molecule has 1 aliphatic heterocycles. The molecule has 2 fully saturated rings. The molecule has 5 nitrogen and oxygen atoms in total. The molecule has 1 amide bonds. The number of carbonyl (C=O) groups is 1. The SMILES string of the molecule is CCNC(=NCC1CC1)N1CCC(CC(=O)NC)CC1.I. The Morgan fingerprint density at radius 1 is 1.19 bits per heavy atom. The van der Waals surface area contributed by atoms with E-state index in [1.54, 1.807) is 7.05 Å². The van der Waals surface area contributed by atoms with E-state index >= 15 is 0 Å². The number of rotatable bonds is 5. The van der Waals surface area contributed by atoms with Gasteiger partial charge in [-0.25, -0.2) is 0 Å². The van der Waals surface area contributed by atoms with Crippen LogP contribution in [0.5, 0.6) is 0 Å². The summed E-state index contributed by atoms with van der Waals surface area (Å²) in [5.74, 6) is 2.59. The largest absolute Gasteiger partial charge is 0.359 e. The van der Waals surface area contributed by atoms with Gasteiger partial charge in [-0.1, -0.05) is 0 Å². The predicted molar refractivity (Wildman–Crippen MR) is 97.1 cm³/mol. The van der Waals surface area contributed by atoms with Gasteiger partial charge in [-0.3, -0.25) is 9.79 Å². The minimum Gasteiger partial charge on any atom is -0.359 e. The molecule has 21 heavy (non-hydrogen) atoms. The zero-order valence-electron chi connectivity index (χ0n) is 13.2. The number of carbonyl (C=O) groups excluding carboxylic acids is 1. The second-order valence-corrected chi connectivity index (χ2v) is 5.95. The number of hydrogen-bond donors (Lipinski definition) is 2. The van der Waals surface area contributed by atoms with Crippen LogP contribution in [0.3, 0.4) is 0 Å². The summed E-state index contributed by atoms with van der Waals surface area (Å²) in [4.78, 5) is 18.5. The van der Waals surface area contributed by atoms with Crippen molar-refractivity contribution in [1.29, 1.82) is 0 Å². The van der Waals surface area contributed by atoms with Crippen molar-refractivity contribution in [2.75, 3.05) is 33.2 Å². The monoisotopic (exact) mass is 408 g/mol. The van der Waals surface area contributed by atoms with Crippen LogP contribution >= 0.6 is 24.0 Å². The molecule has 0 radical (unpaired) electrons. The minimum absolute atomic E-state index is 0. The molecule has 0 aromatic heterocycles. The van der Waals surface area contributed by atoms with Crippen molar-refractivity contribution in [2.24, 2.45) is 16.8 Å². The normalized spacial score (nSPS) is 19.9. The summed E-state index contributed by atoms with van der Waals surface area (Å²) in [6.45, 7) is 6.03. The average molecular weight is 408 g/mol. The second kappa shape index (κ2) is 9.48. The molecule has 122 valence electrons. The van der Waals surface area contributed by atoms with Crippen molar-refractivity contribution >= 4 is 35.8 Å². The highest BCUT2D eigenvalue weighted by atomic mass is 127. The van der Waals surface area contributed by atoms with Gasteiger partial charge in [-0.2, -0.15) is 0 Å². The second-order valence-electron chi connectivity index (χ2n) is 5.95. The Kier molecular flexibility index (Phi) is 8.36. The van der Waals surface area contributed by atoms with E-state index in [1.165, 1.54) is 12.8 Å². The Balaban J connectivity index is 0.00000220. The standard InChI is InChI=1S/C15H28N4O.HI/c1-3-17-15(18-11-13-4-5-13)19-8-6-12(7-9-19)10-14(20)16-2;/h12-13H,3-11H2,1-2H3,(H,16,20)(H,17,18);1H. The van der Waals surface area contributed by atoms with Crippen molar-refractivity contribution in [3.8, 4) is 0 Å². The van der Waals surface area contributed by atoms with Gasteiger partial charge in [0.15, 0.2) is 5.96 Å². The van der Waals surface area contributed by atoms with Gasteiger partial charge in [0.05, 0.1) is 0 Å². The molecule has 0 aromatic rings. The zero-order chi connectivity index (χ0) is 14.4. The highest BCUT2D eigenvalue weighted by Gasteiger charge is 2.24. The lowest BCUT2D eigenvalue weighted by Gasteiger charge is -2.34. The van der Waals surface area contributed by atoms with Crippen molar-refractivity contribution in [3.63, 3.8) is 0 Å². The van der Waals surface area contributed by atoms with Crippen LogP contribution in [-0.4, -0.2) is 50.0 Å². The van der Waals surface area contributed by atoms with E-state index < -0.39 is 0 Å². The summed E-state index contributed by atoms with van der Waals surface area (Å²) < 4.78 is 0. The van der Waals surface area contributed by atoms with E-state index in [0.717, 1.165) is 50.9 Å². The van der Waals surface area contributed by atoms with Gasteiger partial charge < -0.3 is 15.5 Å². The summed E-state index contributed by atoms with van der Waals surface area (Å²) >= 11 is 0. The Morgan fingerprint density at radius 3 is 2.38 bits per heavy atom. The minimum atomic E-state index is 0. The van der Waals surface area contributed by atoms with Crippen LogP contribution in [-0.2, 0) is 4.79 Å². The quantitative estimate of drug-likeness (QED) is 0.415. The Morgan fingerprint density at radius 2 is 1.86 bits per heavy atom. The van der Waals surface area contributed by atoms with Gasteiger partial charge in [0, 0.05) is 39.6 Å². The van der Waals surface area contributed by atoms with Gasteiger partial charge in [-0.15, -0.1) is 24.0 Å². The van der Waals surface area contributed by atoms with Crippen LogP contribution in [0, 0.1) is 11.8 Å². The zero-order valence-corrected chi connectivity index (χ0v) is 15.6. The molecule has 1 heterocycles. The lowest BCUT2D eigenvalue weighted by molar-refractivity contribution is -0.121. The van der Waals surface area contributed by atoms with Gasteiger partial charge in [-0.05, 0) is 44.4 Å². The molecule has 2 rings (SSSR count). The highest BCUT2D eigenvalue weighted by molar-refractivity contribution is 14.0. The molecule has 1 aliphatic carbocycles. The number of likely N-dealkylation sites (tertiary alicyclic amines) is 1. The summed E-state index contributed by atoms with van der Waals surface area (Å²) in [6, 6.07) is 0. The number of halogens is 1. The van der Waals surface area contributed by atoms with Gasteiger partial charge in [0.1, 0.15) is 0 Å². The van der Waals surface area contributed by atoms with Crippen molar-refractivity contribution in [1.82, 2.24) is 15.5 Å². The fourth-order valence-electron chi connectivity index (χ4n) is 2.65. The third kappa shape index (κ3) is 6.40. The maximum atomic E-state index is 11.4. The molecule has 0 spiro atoms. The van der Waals surface area contributed by atoms with Crippen LogP contribution in [0.2, 0.25) is 0 Å². The van der Waals surface area contributed by atoms with Gasteiger partial charge in [0.2, 0.25) is 5.91 Å². The van der Waals surface area contributed by atoms with Crippen molar-refractivity contribution in [3.05, 3.63) is 0 Å². The van der Waals surface area contributed by atoms with Gasteiger partial charge >= 0.3 is 0 Å². The first kappa shape index (κ1) is 18.5. The molecule has 0 unspecified atom stereocenters. The van der Waals surface area contributed by atoms with E-state index in [1.807, 2.05) is 0 Å². The molecule has 2 N–H and O–H groups in total. The Bertz CT molecular complexity index is 350. The molecule has 0 aromatic carbocycles. The van der Waals surface area contributed by atoms with Crippen LogP contribution in [0.25, 0.3) is 0 Å². The first-order valence-corrected chi connectivity index (χ1v) is 7.96. The number of amides is 1. The van der Waals surface area contributed by atoms with Crippen molar-refractivity contribution in [2.45, 2.75) is 39.0 Å². The van der Waals surface area contributed by atoms with Crippen LogP contribution < -0.4 is 10.6 Å². The third-order valence-electron chi connectivity index (χ3n) is 4.20. The number of aliphatic imine (C=N–C) groups is 1. The molecular formula is C15H29IN4O. The summed E-state index contributed by atoms with van der Waals surface area (Å²) in [5, 5.41) is 6.12. The molecule has 0 bridgehead atoms. The Hall–Kier alpha value is -0.530. The van der Waals surface area contributed by atoms with E-state index in [-0.39, 0.29) is 29.9 Å². The maximum absolute atomic E-state index is 11.4. The smallest absolute Gasteiger partial charge is 0.220 e. The number of nitrogens with one attached hydrogen (secondary N) is 2. The van der Waals surface area contributed by atoms with Crippen LogP contribution in [0.15, 0.2) is 4.99 Å². The molecular weight excluding hydrogens is 379 g/mol. The van der Waals surface area contributed by atoms with E-state index in [4.69, 9.17) is 4.99 Å². The first-order valence-electron chi connectivity index (χ1n) is 7.96. The molecule has 0 atom stereocenters. The molecule has 6 heteroatoms. The maximum Gasteiger partial charge on any atom is 0.220 e. The number of nitrogens with zero attached hydrogens (tertiary/aromatic N) is 2. The molecule has 1 saturated carbocycles. The predicted octanol–water partition coefficient (Wildman–Crippen LogP) is 1.83. The number of piperidine rings is 1. The van der Waals surface area contributed by atoms with Crippen LogP contribution in [0.1, 0.15) is 39.0 Å². The summed E-state index contributed by atoms with van der Waals surface area (Å²) in [5.41, 5.74) is 0. The lowest BCUT2D eigenvalue weighted by Crippen LogP contribution is -2.46. The van der Waals surface area contributed by atoms with E-state index in [0.29, 0.717) is 12.3 Å². The number of hydrogen-bond acceptors (Lipinski definition) is 2. The molecule has 1 saturated heterocycles. The van der Waals surface area contributed by atoms with E-state index in [9.17, 15) is 4.79 Å². The lowest BCUT2D eigenvalue weighted by atomic mass is 9.93. The van der Waals surface area contributed by atoms with E-state index in [2.05, 4.69) is 22.5 Å². The summed E-state index contributed by atoms with van der Waals surface area (Å²) in [7, 11) is 1.71. The fraction of sp³-hybridized carbons (Fsp3) is 0.867. The van der Waals surface area contributed by atoms with Gasteiger partial charge in [0.25, 0.3) is 0 Å². The van der Waals surface area contributed by atoms with Crippen LogP contribution in [0.4, 0.5) is 0 Å². The first-order chi connectivity index (χ1) is 9.72.